The molecule has 1 rings (SSSR count). The minimum absolute atomic E-state index is 0.136. The second kappa shape index (κ2) is 4.66. The van der Waals surface area contributed by atoms with Crippen LogP contribution in [0.5, 0.6) is 0 Å². The van der Waals surface area contributed by atoms with Crippen molar-refractivity contribution in [2.75, 3.05) is 6.61 Å². The first-order valence-electron chi connectivity index (χ1n) is 6.26. The minimum Gasteiger partial charge on any atom is -0.504 e. The zero-order valence-corrected chi connectivity index (χ0v) is 13.3. The van der Waals surface area contributed by atoms with Crippen LogP contribution in [0.1, 0.15) is 27.7 Å². The van der Waals surface area contributed by atoms with Crippen molar-refractivity contribution in [2.45, 2.75) is 45.8 Å². The Bertz CT molecular complexity index is 413. The molecule has 4 heteroatoms. The van der Waals surface area contributed by atoms with E-state index in [-0.39, 0.29) is 22.5 Å². The number of carbonyl (C=O) groups is 1. The zero-order valence-electron chi connectivity index (χ0n) is 12.3. The van der Waals surface area contributed by atoms with Crippen molar-refractivity contribution in [1.29, 1.82) is 0 Å². The number of hydrogen-bond acceptors (Lipinski definition) is 3. The van der Waals surface area contributed by atoms with Crippen LogP contribution in [0.25, 0.3) is 0 Å². The summed E-state index contributed by atoms with van der Waals surface area (Å²) in [5.41, 5.74) is 1.13. The van der Waals surface area contributed by atoms with Crippen LogP contribution < -0.4 is 0 Å². The molecule has 0 saturated carbocycles. The largest absolute Gasteiger partial charge is 0.504 e. The quantitative estimate of drug-likeness (QED) is 0.628. The highest BCUT2D eigenvalue weighted by Crippen LogP contribution is 2.39. The normalized spacial score (nSPS) is 22.0. The summed E-state index contributed by atoms with van der Waals surface area (Å²) in [4.78, 5) is 11.6. The fraction of sp³-hybridized carbons (Fsp3) is 0.643. The van der Waals surface area contributed by atoms with Gasteiger partial charge in [-0.15, -0.1) is 0 Å². The van der Waals surface area contributed by atoms with Gasteiger partial charge in [0.25, 0.3) is 0 Å². The van der Waals surface area contributed by atoms with E-state index in [0.717, 1.165) is 0 Å². The molecule has 1 N–H and O–H groups in total. The first kappa shape index (κ1) is 15.2. The van der Waals surface area contributed by atoms with Gasteiger partial charge in [0.05, 0.1) is 0 Å². The topological polar surface area (TPSA) is 46.5 Å². The molecule has 3 nitrogen and oxygen atoms in total. The number of aliphatic hydroxyl groups excluding tert-OH is 1. The molecule has 0 aromatic heterocycles. The standard InChI is InChI=1S/C14H24O3Si/c1-9-11(10(2)13(16)12(9)15)8-17-18(6,7)14(3,4)5/h11,16H,1,8H2,2-7H3/t11-/m0/s1. The third-order valence-electron chi connectivity index (χ3n) is 4.24. The van der Waals surface area contributed by atoms with E-state index >= 15 is 0 Å². The monoisotopic (exact) mass is 268 g/mol. The van der Waals surface area contributed by atoms with E-state index in [2.05, 4.69) is 40.4 Å². The lowest BCUT2D eigenvalue weighted by atomic mass is 10.0. The number of carbonyl (C=O) groups excluding carboxylic acids is 1. The maximum atomic E-state index is 11.6. The third kappa shape index (κ3) is 2.59. The molecular weight excluding hydrogens is 244 g/mol. The fourth-order valence-electron chi connectivity index (χ4n) is 1.65. The van der Waals surface area contributed by atoms with Crippen LogP contribution in [0.2, 0.25) is 18.1 Å². The summed E-state index contributed by atoms with van der Waals surface area (Å²) in [5, 5.41) is 9.76. The van der Waals surface area contributed by atoms with Crippen LogP contribution in [0.4, 0.5) is 0 Å². The molecule has 0 unspecified atom stereocenters. The lowest BCUT2D eigenvalue weighted by Gasteiger charge is -2.37. The predicted octanol–water partition coefficient (Wildman–Crippen LogP) is 3.60. The molecule has 0 amide bonds. The molecule has 0 fully saturated rings. The molecule has 1 aliphatic rings. The Labute approximate surface area is 111 Å². The van der Waals surface area contributed by atoms with Crippen molar-refractivity contribution in [3.05, 3.63) is 23.5 Å². The Hall–Kier alpha value is -0.873. The second-order valence-electron chi connectivity index (χ2n) is 6.51. The van der Waals surface area contributed by atoms with Gasteiger partial charge in [-0.1, -0.05) is 27.4 Å². The smallest absolute Gasteiger partial charge is 0.223 e. The molecule has 1 aliphatic carbocycles. The first-order chi connectivity index (χ1) is 7.99. The number of allylic oxidation sites excluding steroid dienone is 1. The molecule has 0 heterocycles. The lowest BCUT2D eigenvalue weighted by molar-refractivity contribution is -0.114. The summed E-state index contributed by atoms with van der Waals surface area (Å²) < 4.78 is 6.10. The van der Waals surface area contributed by atoms with Gasteiger partial charge >= 0.3 is 0 Å². The van der Waals surface area contributed by atoms with E-state index in [9.17, 15) is 9.90 Å². The van der Waals surface area contributed by atoms with Crippen molar-refractivity contribution in [1.82, 2.24) is 0 Å². The Morgan fingerprint density at radius 2 is 1.89 bits per heavy atom. The summed E-state index contributed by atoms with van der Waals surface area (Å²) in [5.74, 6) is -0.646. The first-order valence-corrected chi connectivity index (χ1v) is 9.17. The highest BCUT2D eigenvalue weighted by molar-refractivity contribution is 6.74. The summed E-state index contributed by atoms with van der Waals surface area (Å²) in [6.07, 6.45) is 0. The van der Waals surface area contributed by atoms with E-state index in [1.807, 2.05) is 0 Å². The highest BCUT2D eigenvalue weighted by Gasteiger charge is 2.40. The van der Waals surface area contributed by atoms with Gasteiger partial charge in [0.15, 0.2) is 14.1 Å². The van der Waals surface area contributed by atoms with E-state index in [1.54, 1.807) is 6.92 Å². The van der Waals surface area contributed by atoms with Gasteiger partial charge in [-0.05, 0) is 30.6 Å². The highest BCUT2D eigenvalue weighted by atomic mass is 28.4. The number of rotatable bonds is 3. The summed E-state index contributed by atoms with van der Waals surface area (Å²) in [6.45, 7) is 16.8. The van der Waals surface area contributed by atoms with Crippen LogP contribution in [0.15, 0.2) is 23.5 Å². The average molecular weight is 268 g/mol. The molecule has 102 valence electrons. The number of aliphatic hydroxyl groups is 1. The van der Waals surface area contributed by atoms with E-state index in [4.69, 9.17) is 4.43 Å². The molecular formula is C14H24O3Si. The van der Waals surface area contributed by atoms with Gasteiger partial charge in [0.1, 0.15) is 0 Å². The van der Waals surface area contributed by atoms with E-state index in [1.165, 1.54) is 0 Å². The van der Waals surface area contributed by atoms with Crippen LogP contribution in [-0.4, -0.2) is 25.8 Å². The SMILES string of the molecule is C=C1C(=O)C(O)=C(C)[C@H]1CO[Si](C)(C)C(C)(C)C. The van der Waals surface area contributed by atoms with Crippen molar-refractivity contribution in [3.8, 4) is 0 Å². The Kier molecular flexibility index (Phi) is 3.94. The molecule has 0 radical (unpaired) electrons. The number of Topliss-reactive ketones (excluding diaryl/α,β-unsaturated/α-hetero) is 1. The summed E-state index contributed by atoms with van der Waals surface area (Å²) in [7, 11) is -1.83. The van der Waals surface area contributed by atoms with Gasteiger partial charge in [-0.3, -0.25) is 4.79 Å². The van der Waals surface area contributed by atoms with Crippen molar-refractivity contribution in [2.24, 2.45) is 5.92 Å². The molecule has 0 aromatic rings. The van der Waals surface area contributed by atoms with Gasteiger partial charge in [-0.25, -0.2) is 0 Å². The molecule has 0 bridgehead atoms. The summed E-state index contributed by atoms with van der Waals surface area (Å²) >= 11 is 0. The van der Waals surface area contributed by atoms with Crippen LogP contribution in [0.3, 0.4) is 0 Å². The maximum Gasteiger partial charge on any atom is 0.223 e. The van der Waals surface area contributed by atoms with Gasteiger partial charge < -0.3 is 9.53 Å². The predicted molar refractivity (Wildman–Crippen MR) is 76.1 cm³/mol. The molecule has 0 aliphatic heterocycles. The second-order valence-corrected chi connectivity index (χ2v) is 11.3. The summed E-state index contributed by atoms with van der Waals surface area (Å²) in [6, 6.07) is 0. The molecule has 1 atom stereocenters. The number of ketones is 1. The lowest BCUT2D eigenvalue weighted by Crippen LogP contribution is -2.42. The number of hydrogen-bond donors (Lipinski definition) is 1. The van der Waals surface area contributed by atoms with Crippen LogP contribution >= 0.6 is 0 Å². The van der Waals surface area contributed by atoms with E-state index < -0.39 is 8.32 Å². The Morgan fingerprint density at radius 1 is 1.39 bits per heavy atom. The Balaban J connectivity index is 2.78. The molecule has 18 heavy (non-hydrogen) atoms. The molecule has 0 spiro atoms. The molecule has 0 saturated heterocycles. The Morgan fingerprint density at radius 3 is 2.22 bits per heavy atom. The average Bonchev–Trinajstić information content (AvgIpc) is 2.40. The van der Waals surface area contributed by atoms with E-state index in [0.29, 0.717) is 17.8 Å². The zero-order chi connectivity index (χ0) is 14.3. The van der Waals surface area contributed by atoms with Crippen LogP contribution in [0, 0.1) is 5.92 Å². The third-order valence-corrected chi connectivity index (χ3v) is 8.74. The van der Waals surface area contributed by atoms with Gasteiger partial charge in [0.2, 0.25) is 5.78 Å². The van der Waals surface area contributed by atoms with Gasteiger partial charge in [-0.2, -0.15) is 0 Å². The van der Waals surface area contributed by atoms with Crippen molar-refractivity contribution >= 4 is 14.1 Å². The minimum atomic E-state index is -1.83. The maximum absolute atomic E-state index is 11.6. The van der Waals surface area contributed by atoms with Crippen LogP contribution in [-0.2, 0) is 9.22 Å². The van der Waals surface area contributed by atoms with Gasteiger partial charge in [0, 0.05) is 18.1 Å². The van der Waals surface area contributed by atoms with Crippen molar-refractivity contribution < 1.29 is 14.3 Å². The molecule has 0 aromatic carbocycles. The fourth-order valence-corrected chi connectivity index (χ4v) is 2.67. The van der Waals surface area contributed by atoms with Crippen molar-refractivity contribution in [3.63, 3.8) is 0 Å².